The summed E-state index contributed by atoms with van der Waals surface area (Å²) in [6.07, 6.45) is 0. The third-order valence-electron chi connectivity index (χ3n) is 12.0. The van der Waals surface area contributed by atoms with Gasteiger partial charge >= 0.3 is 0 Å². The van der Waals surface area contributed by atoms with E-state index >= 15 is 0 Å². The zero-order valence-corrected chi connectivity index (χ0v) is 31.6. The number of nitrogens with zero attached hydrogens (tertiary/aromatic N) is 1. The van der Waals surface area contributed by atoms with Gasteiger partial charge in [-0.15, -0.1) is 0 Å². The van der Waals surface area contributed by atoms with Crippen LogP contribution in [0.5, 0.6) is 0 Å². The lowest BCUT2D eigenvalue weighted by atomic mass is 9.84. The minimum atomic E-state index is 0.913. The number of rotatable bonds is 5. The first kappa shape index (κ1) is 32.6. The van der Waals surface area contributed by atoms with Crippen LogP contribution in [0.25, 0.3) is 115 Å². The highest BCUT2D eigenvalue weighted by molar-refractivity contribution is 6.22. The van der Waals surface area contributed by atoms with E-state index in [0.717, 1.165) is 38.8 Å². The topological polar surface area (TPSA) is 18.1 Å². The molecule has 12 rings (SSSR count). The Bertz CT molecular complexity index is 3490. The Morgan fingerprint density at radius 3 is 1.57 bits per heavy atom. The third kappa shape index (κ3) is 4.92. The zero-order chi connectivity index (χ0) is 38.2. The van der Waals surface area contributed by atoms with E-state index in [4.69, 9.17) is 4.42 Å². The third-order valence-corrected chi connectivity index (χ3v) is 12.0. The van der Waals surface area contributed by atoms with E-state index in [2.05, 4.69) is 205 Å². The van der Waals surface area contributed by atoms with Crippen molar-refractivity contribution in [1.82, 2.24) is 4.57 Å². The molecule has 0 bridgehead atoms. The fraction of sp³-hybridized carbons (Fsp3) is 0. The monoisotopic (exact) mass is 737 g/mol. The van der Waals surface area contributed by atoms with E-state index in [-0.39, 0.29) is 0 Å². The molecule has 2 heteroatoms. The van der Waals surface area contributed by atoms with Crippen LogP contribution in [0.1, 0.15) is 0 Å². The molecule has 0 fully saturated rings. The molecule has 0 saturated carbocycles. The average Bonchev–Trinajstić information content (AvgIpc) is 3.84. The van der Waals surface area contributed by atoms with Crippen LogP contribution in [0.2, 0.25) is 0 Å². The molecule has 2 nitrogen and oxygen atoms in total. The molecular formula is C56H35NO. The molecule has 0 radical (unpaired) electrons. The van der Waals surface area contributed by atoms with Crippen LogP contribution in [0.4, 0.5) is 0 Å². The summed E-state index contributed by atoms with van der Waals surface area (Å²) < 4.78 is 8.86. The van der Waals surface area contributed by atoms with Crippen LogP contribution in [0, 0.1) is 0 Å². The Labute approximate surface area is 335 Å². The van der Waals surface area contributed by atoms with Crippen LogP contribution in [0.15, 0.2) is 217 Å². The highest BCUT2D eigenvalue weighted by Gasteiger charge is 2.20. The van der Waals surface area contributed by atoms with E-state index in [0.29, 0.717) is 0 Å². The summed E-state index contributed by atoms with van der Waals surface area (Å²) in [4.78, 5) is 0. The van der Waals surface area contributed by atoms with Crippen molar-refractivity contribution in [3.63, 3.8) is 0 Å². The highest BCUT2D eigenvalue weighted by atomic mass is 16.3. The molecule has 0 atom stereocenters. The van der Waals surface area contributed by atoms with Crippen LogP contribution in [0.3, 0.4) is 0 Å². The average molecular weight is 738 g/mol. The van der Waals surface area contributed by atoms with Crippen molar-refractivity contribution < 1.29 is 4.42 Å². The summed E-state index contributed by atoms with van der Waals surface area (Å²) >= 11 is 0. The minimum absolute atomic E-state index is 0.913. The lowest BCUT2D eigenvalue weighted by molar-refractivity contribution is 0.670. The predicted octanol–water partition coefficient (Wildman–Crippen LogP) is 15.7. The van der Waals surface area contributed by atoms with Gasteiger partial charge in [0, 0.05) is 32.8 Å². The Morgan fingerprint density at radius 1 is 0.293 bits per heavy atom. The number of benzene rings is 10. The van der Waals surface area contributed by atoms with E-state index in [1.54, 1.807) is 0 Å². The van der Waals surface area contributed by atoms with E-state index < -0.39 is 0 Å². The summed E-state index contributed by atoms with van der Waals surface area (Å²) in [5.41, 5.74) is 15.0. The van der Waals surface area contributed by atoms with Gasteiger partial charge < -0.3 is 8.98 Å². The fourth-order valence-electron chi connectivity index (χ4n) is 9.47. The maximum atomic E-state index is 6.46. The molecule has 0 aliphatic rings. The van der Waals surface area contributed by atoms with Crippen LogP contribution in [-0.4, -0.2) is 4.57 Å². The van der Waals surface area contributed by atoms with Gasteiger partial charge in [-0.25, -0.2) is 0 Å². The first-order valence-electron chi connectivity index (χ1n) is 19.9. The maximum Gasteiger partial charge on any atom is 0.143 e. The van der Waals surface area contributed by atoms with Gasteiger partial charge in [0.05, 0.1) is 11.0 Å². The van der Waals surface area contributed by atoms with Crippen molar-refractivity contribution in [2.24, 2.45) is 0 Å². The second-order valence-electron chi connectivity index (χ2n) is 15.2. The van der Waals surface area contributed by atoms with Crippen LogP contribution >= 0.6 is 0 Å². The van der Waals surface area contributed by atoms with Gasteiger partial charge in [-0.05, 0) is 96.9 Å². The molecule has 2 heterocycles. The number of furan rings is 1. The predicted molar refractivity (Wildman–Crippen MR) is 245 cm³/mol. The summed E-state index contributed by atoms with van der Waals surface area (Å²) in [5, 5.41) is 9.72. The van der Waals surface area contributed by atoms with Crippen molar-refractivity contribution in [2.75, 3.05) is 0 Å². The number of para-hydroxylation sites is 3. The van der Waals surface area contributed by atoms with Gasteiger partial charge in [0.15, 0.2) is 0 Å². The number of fused-ring (bicyclic) bond motifs is 8. The molecule has 12 aromatic rings. The smallest absolute Gasteiger partial charge is 0.143 e. The molecule has 0 saturated heterocycles. The number of aromatic nitrogens is 1. The largest absolute Gasteiger partial charge is 0.455 e. The molecule has 0 aliphatic heterocycles. The molecule has 0 amide bonds. The van der Waals surface area contributed by atoms with E-state index in [9.17, 15) is 0 Å². The first-order valence-corrected chi connectivity index (χ1v) is 19.9. The SMILES string of the molecule is c1ccc(-c2ccccc2-c2c3ccccc3c(-c3ccc(-n4c5ccccc5c5cc(-c6cccc7c6oc6ccccc67)ccc54)cc3)c3ccccc23)cc1. The molecular weight excluding hydrogens is 703 g/mol. The molecule has 0 aliphatic carbocycles. The molecule has 270 valence electrons. The van der Waals surface area contributed by atoms with Gasteiger partial charge in [-0.2, -0.15) is 0 Å². The van der Waals surface area contributed by atoms with Gasteiger partial charge in [0.1, 0.15) is 11.2 Å². The molecule has 58 heavy (non-hydrogen) atoms. The van der Waals surface area contributed by atoms with Crippen LogP contribution < -0.4 is 0 Å². The van der Waals surface area contributed by atoms with Gasteiger partial charge in [-0.3, -0.25) is 0 Å². The lowest BCUT2D eigenvalue weighted by Crippen LogP contribution is -1.95. The second-order valence-corrected chi connectivity index (χ2v) is 15.2. The second kappa shape index (κ2) is 12.9. The van der Waals surface area contributed by atoms with Crippen molar-refractivity contribution in [1.29, 1.82) is 0 Å². The zero-order valence-electron chi connectivity index (χ0n) is 31.6. The normalized spacial score (nSPS) is 11.8. The van der Waals surface area contributed by atoms with Gasteiger partial charge in [0.25, 0.3) is 0 Å². The fourth-order valence-corrected chi connectivity index (χ4v) is 9.47. The number of hydrogen-bond acceptors (Lipinski definition) is 1. The molecule has 2 aromatic heterocycles. The minimum Gasteiger partial charge on any atom is -0.455 e. The summed E-state index contributed by atoms with van der Waals surface area (Å²) in [5.74, 6) is 0. The van der Waals surface area contributed by atoms with Crippen LogP contribution in [-0.2, 0) is 0 Å². The molecule has 0 unspecified atom stereocenters. The molecule has 10 aromatic carbocycles. The quantitative estimate of drug-likeness (QED) is 0.161. The maximum absolute atomic E-state index is 6.46. The van der Waals surface area contributed by atoms with Gasteiger partial charge in [0.2, 0.25) is 0 Å². The van der Waals surface area contributed by atoms with E-state index in [1.165, 1.54) is 76.7 Å². The molecule has 0 spiro atoms. The van der Waals surface area contributed by atoms with Gasteiger partial charge in [-0.1, -0.05) is 176 Å². The van der Waals surface area contributed by atoms with Crippen molar-refractivity contribution in [3.05, 3.63) is 212 Å². The Balaban J connectivity index is 1.02. The standard InChI is InChI=1S/C56H35NO/c1-2-15-36(16-3-1)40-17-4-5-20-44(40)55-47-23-8-6-21-45(47)54(46-22-7-9-24-48(46)55)37-29-32-39(33-30-37)57-51-27-12-10-18-42(51)50-35-38(31-34-52(50)57)41-25-14-26-49-43-19-11-13-28-53(43)58-56(41)49/h1-35H. The Hall–Kier alpha value is -7.68. The summed E-state index contributed by atoms with van der Waals surface area (Å²) in [7, 11) is 0. The summed E-state index contributed by atoms with van der Waals surface area (Å²) in [6, 6.07) is 76.9. The summed E-state index contributed by atoms with van der Waals surface area (Å²) in [6.45, 7) is 0. The Kier molecular flexibility index (Phi) is 7.26. The number of hydrogen-bond donors (Lipinski definition) is 0. The first-order chi connectivity index (χ1) is 28.8. The molecule has 0 N–H and O–H groups in total. The van der Waals surface area contributed by atoms with Crippen molar-refractivity contribution in [2.45, 2.75) is 0 Å². The Morgan fingerprint density at radius 2 is 0.828 bits per heavy atom. The van der Waals surface area contributed by atoms with Crippen molar-refractivity contribution in [3.8, 4) is 50.2 Å². The van der Waals surface area contributed by atoms with E-state index in [1.807, 2.05) is 12.1 Å². The van der Waals surface area contributed by atoms with Crippen molar-refractivity contribution >= 4 is 65.3 Å². The highest BCUT2D eigenvalue weighted by Crippen LogP contribution is 2.46. The lowest BCUT2D eigenvalue weighted by Gasteiger charge is -2.20.